The minimum Gasteiger partial charge on any atom is -0.375 e. The first kappa shape index (κ1) is 13.8. The Morgan fingerprint density at radius 2 is 2.00 bits per heavy atom. The third-order valence-electron chi connectivity index (χ3n) is 5.57. The van der Waals surface area contributed by atoms with E-state index in [-0.39, 0.29) is 5.60 Å². The lowest BCUT2D eigenvalue weighted by atomic mass is 9.78. The van der Waals surface area contributed by atoms with Crippen molar-refractivity contribution in [2.24, 2.45) is 0 Å². The number of hydrogen-bond donors (Lipinski definition) is 1. The number of nitrogens with one attached hydrogen (secondary N) is 1. The minimum atomic E-state index is 0.246. The average molecular weight is 266 g/mol. The van der Waals surface area contributed by atoms with Crippen LogP contribution in [0.25, 0.3) is 0 Å². The van der Waals surface area contributed by atoms with Crippen LogP contribution in [0.5, 0.6) is 0 Å². The Balaban J connectivity index is 1.48. The summed E-state index contributed by atoms with van der Waals surface area (Å²) in [7, 11) is 2.27. The molecule has 3 aliphatic rings. The topological polar surface area (TPSA) is 24.5 Å². The molecule has 1 saturated carbocycles. The van der Waals surface area contributed by atoms with E-state index in [4.69, 9.17) is 4.74 Å². The predicted octanol–water partition coefficient (Wildman–Crippen LogP) is 2.55. The summed E-state index contributed by atoms with van der Waals surface area (Å²) < 4.78 is 6.18. The van der Waals surface area contributed by atoms with Gasteiger partial charge in [0.15, 0.2) is 0 Å². The van der Waals surface area contributed by atoms with Crippen LogP contribution < -0.4 is 5.32 Å². The van der Waals surface area contributed by atoms with E-state index in [2.05, 4.69) is 17.3 Å². The van der Waals surface area contributed by atoms with Gasteiger partial charge in [-0.2, -0.15) is 0 Å². The summed E-state index contributed by atoms with van der Waals surface area (Å²) in [6.45, 7) is 3.43. The SMILES string of the molecule is CN1CCCC1CNC1CCOC2(CCCCC2)C1. The van der Waals surface area contributed by atoms with Crippen LogP contribution >= 0.6 is 0 Å². The first-order valence-corrected chi connectivity index (χ1v) is 8.35. The third-order valence-corrected chi connectivity index (χ3v) is 5.57. The van der Waals surface area contributed by atoms with Crippen molar-refractivity contribution in [3.8, 4) is 0 Å². The molecule has 3 nitrogen and oxygen atoms in total. The zero-order valence-electron chi connectivity index (χ0n) is 12.5. The van der Waals surface area contributed by atoms with Gasteiger partial charge in [-0.3, -0.25) is 0 Å². The molecule has 0 aromatic carbocycles. The molecule has 0 radical (unpaired) electrons. The van der Waals surface area contributed by atoms with E-state index >= 15 is 0 Å². The second kappa shape index (κ2) is 6.11. The monoisotopic (exact) mass is 266 g/mol. The number of likely N-dealkylation sites (N-methyl/N-ethyl adjacent to an activating group) is 1. The fraction of sp³-hybridized carbons (Fsp3) is 1.00. The van der Waals surface area contributed by atoms with E-state index in [1.54, 1.807) is 0 Å². The van der Waals surface area contributed by atoms with Gasteiger partial charge in [-0.25, -0.2) is 0 Å². The van der Waals surface area contributed by atoms with Gasteiger partial charge in [-0.1, -0.05) is 19.3 Å². The van der Waals surface area contributed by atoms with Crippen LogP contribution in [-0.4, -0.2) is 49.3 Å². The Morgan fingerprint density at radius 1 is 1.16 bits per heavy atom. The lowest BCUT2D eigenvalue weighted by molar-refractivity contribution is -0.109. The molecule has 0 aromatic heterocycles. The molecular weight excluding hydrogens is 236 g/mol. The number of hydrogen-bond acceptors (Lipinski definition) is 3. The predicted molar refractivity (Wildman–Crippen MR) is 78.4 cm³/mol. The lowest BCUT2D eigenvalue weighted by Gasteiger charge is -2.44. The molecule has 3 heteroatoms. The average Bonchev–Trinajstić information content (AvgIpc) is 2.83. The van der Waals surface area contributed by atoms with E-state index in [9.17, 15) is 0 Å². The van der Waals surface area contributed by atoms with Crippen molar-refractivity contribution in [2.75, 3.05) is 26.7 Å². The Hall–Kier alpha value is -0.120. The molecular formula is C16H30N2O. The molecule has 1 spiro atoms. The zero-order valence-corrected chi connectivity index (χ0v) is 12.5. The number of likely N-dealkylation sites (tertiary alicyclic amines) is 1. The quantitative estimate of drug-likeness (QED) is 0.849. The van der Waals surface area contributed by atoms with Gasteiger partial charge in [-0.15, -0.1) is 0 Å². The lowest BCUT2D eigenvalue weighted by Crippen LogP contribution is -2.50. The third kappa shape index (κ3) is 3.32. The Bertz CT molecular complexity index is 283. The highest BCUT2D eigenvalue weighted by atomic mass is 16.5. The van der Waals surface area contributed by atoms with Gasteiger partial charge in [0.05, 0.1) is 5.60 Å². The number of ether oxygens (including phenoxy) is 1. The molecule has 110 valence electrons. The van der Waals surface area contributed by atoms with Crippen LogP contribution in [0.3, 0.4) is 0 Å². The molecule has 2 atom stereocenters. The zero-order chi connectivity index (χ0) is 13.1. The van der Waals surface area contributed by atoms with Gasteiger partial charge in [0.1, 0.15) is 0 Å². The molecule has 2 aliphatic heterocycles. The first-order valence-electron chi connectivity index (χ1n) is 8.35. The molecule has 2 saturated heterocycles. The summed E-state index contributed by atoms with van der Waals surface area (Å²) in [5.41, 5.74) is 0.246. The van der Waals surface area contributed by atoms with E-state index in [1.807, 2.05) is 0 Å². The van der Waals surface area contributed by atoms with Gasteiger partial charge in [0, 0.05) is 25.2 Å². The summed E-state index contributed by atoms with van der Waals surface area (Å²) in [4.78, 5) is 2.52. The summed E-state index contributed by atoms with van der Waals surface area (Å²) in [5.74, 6) is 0. The summed E-state index contributed by atoms with van der Waals surface area (Å²) >= 11 is 0. The summed E-state index contributed by atoms with van der Waals surface area (Å²) in [6, 6.07) is 1.46. The Labute approximate surface area is 118 Å². The Morgan fingerprint density at radius 3 is 2.74 bits per heavy atom. The number of nitrogens with zero attached hydrogens (tertiary/aromatic N) is 1. The van der Waals surface area contributed by atoms with Crippen LogP contribution in [-0.2, 0) is 4.74 Å². The van der Waals surface area contributed by atoms with Crippen LogP contribution in [0.1, 0.15) is 57.8 Å². The van der Waals surface area contributed by atoms with Gasteiger partial charge in [0.2, 0.25) is 0 Å². The van der Waals surface area contributed by atoms with Crippen molar-refractivity contribution in [1.29, 1.82) is 0 Å². The Kier molecular flexibility index (Phi) is 4.45. The molecule has 2 unspecified atom stereocenters. The summed E-state index contributed by atoms with van der Waals surface area (Å²) in [6.07, 6.45) is 12.0. The van der Waals surface area contributed by atoms with Gasteiger partial charge >= 0.3 is 0 Å². The van der Waals surface area contributed by atoms with E-state index in [0.717, 1.165) is 12.6 Å². The van der Waals surface area contributed by atoms with Crippen molar-refractivity contribution < 1.29 is 4.74 Å². The second-order valence-electron chi connectivity index (χ2n) is 6.97. The second-order valence-corrected chi connectivity index (χ2v) is 6.97. The standard InChI is InChI=1S/C16H30N2O/c1-18-10-5-6-15(18)13-17-14-7-11-19-16(12-14)8-3-2-4-9-16/h14-15,17H,2-13H2,1H3. The fourth-order valence-corrected chi connectivity index (χ4v) is 4.29. The van der Waals surface area contributed by atoms with Crippen molar-refractivity contribution in [3.05, 3.63) is 0 Å². The van der Waals surface area contributed by atoms with Gasteiger partial charge in [-0.05, 0) is 52.1 Å². The highest BCUT2D eigenvalue weighted by molar-refractivity contribution is 4.92. The van der Waals surface area contributed by atoms with Crippen LogP contribution in [0.2, 0.25) is 0 Å². The maximum absolute atomic E-state index is 6.18. The van der Waals surface area contributed by atoms with Gasteiger partial charge < -0.3 is 15.0 Å². The maximum atomic E-state index is 6.18. The van der Waals surface area contributed by atoms with E-state index in [1.165, 1.54) is 70.9 Å². The smallest absolute Gasteiger partial charge is 0.0697 e. The van der Waals surface area contributed by atoms with E-state index < -0.39 is 0 Å². The molecule has 0 amide bonds. The van der Waals surface area contributed by atoms with Crippen molar-refractivity contribution in [3.63, 3.8) is 0 Å². The van der Waals surface area contributed by atoms with Crippen molar-refractivity contribution >= 4 is 0 Å². The van der Waals surface area contributed by atoms with Crippen LogP contribution in [0.4, 0.5) is 0 Å². The first-order chi connectivity index (χ1) is 9.27. The molecule has 3 fully saturated rings. The van der Waals surface area contributed by atoms with Crippen molar-refractivity contribution in [1.82, 2.24) is 10.2 Å². The highest BCUT2D eigenvalue weighted by Crippen LogP contribution is 2.38. The molecule has 1 aliphatic carbocycles. The van der Waals surface area contributed by atoms with Crippen LogP contribution in [0.15, 0.2) is 0 Å². The molecule has 1 N–H and O–H groups in total. The molecule has 0 aromatic rings. The molecule has 19 heavy (non-hydrogen) atoms. The highest BCUT2D eigenvalue weighted by Gasteiger charge is 2.38. The van der Waals surface area contributed by atoms with Gasteiger partial charge in [0.25, 0.3) is 0 Å². The molecule has 0 bridgehead atoms. The van der Waals surface area contributed by atoms with Crippen molar-refractivity contribution in [2.45, 2.75) is 75.5 Å². The summed E-state index contributed by atoms with van der Waals surface area (Å²) in [5, 5.41) is 3.84. The maximum Gasteiger partial charge on any atom is 0.0697 e. The molecule has 3 rings (SSSR count). The van der Waals surface area contributed by atoms with E-state index in [0.29, 0.717) is 6.04 Å². The number of rotatable bonds is 3. The largest absolute Gasteiger partial charge is 0.375 e. The van der Waals surface area contributed by atoms with Crippen LogP contribution in [0, 0.1) is 0 Å². The normalized spacial score (nSPS) is 35.8. The molecule has 2 heterocycles. The minimum absolute atomic E-state index is 0.246. The fourth-order valence-electron chi connectivity index (χ4n) is 4.29.